The van der Waals surface area contributed by atoms with Crippen molar-refractivity contribution >= 4 is 17.4 Å². The molecule has 1 fully saturated rings. The number of nitrogens with one attached hydrogen (secondary N) is 1. The van der Waals surface area contributed by atoms with Gasteiger partial charge in [-0.2, -0.15) is 0 Å². The van der Waals surface area contributed by atoms with Gasteiger partial charge in [-0.1, -0.05) is 19.3 Å². The van der Waals surface area contributed by atoms with E-state index in [2.05, 4.69) is 10.3 Å². The molecular formula is C13H17N3O3. The largest absolute Gasteiger partial charge is 0.312 e. The summed E-state index contributed by atoms with van der Waals surface area (Å²) in [6.45, 7) is 1.73. The van der Waals surface area contributed by atoms with Crippen molar-refractivity contribution in [2.75, 3.05) is 5.32 Å². The molecule has 0 unspecified atom stereocenters. The van der Waals surface area contributed by atoms with Gasteiger partial charge in [-0.25, -0.2) is 4.98 Å². The summed E-state index contributed by atoms with van der Waals surface area (Å²) in [6, 6.07) is 1.42. The number of anilines is 1. The van der Waals surface area contributed by atoms with E-state index in [1.807, 2.05) is 0 Å². The highest BCUT2D eigenvalue weighted by Gasteiger charge is 2.24. The summed E-state index contributed by atoms with van der Waals surface area (Å²) in [6.07, 6.45) is 6.47. The maximum Gasteiger partial charge on any atom is 0.312 e. The van der Waals surface area contributed by atoms with Gasteiger partial charge in [0.25, 0.3) is 0 Å². The van der Waals surface area contributed by atoms with E-state index < -0.39 is 4.92 Å². The molecule has 2 rings (SSSR count). The molecule has 6 nitrogen and oxygen atoms in total. The normalized spacial score (nSPS) is 16.1. The number of carbonyl (C=O) groups excluding carboxylic acids is 1. The second-order valence-corrected chi connectivity index (χ2v) is 4.96. The highest BCUT2D eigenvalue weighted by atomic mass is 16.6. The Morgan fingerprint density at radius 2 is 2.11 bits per heavy atom. The molecule has 19 heavy (non-hydrogen) atoms. The Balaban J connectivity index is 2.13. The van der Waals surface area contributed by atoms with Crippen LogP contribution < -0.4 is 5.32 Å². The zero-order chi connectivity index (χ0) is 13.8. The van der Waals surface area contributed by atoms with Crippen LogP contribution in [0.25, 0.3) is 0 Å². The Kier molecular flexibility index (Phi) is 4.09. The van der Waals surface area contributed by atoms with Crippen molar-refractivity contribution in [3.8, 4) is 0 Å². The molecule has 6 heteroatoms. The number of hydrogen-bond donors (Lipinski definition) is 1. The van der Waals surface area contributed by atoms with Crippen LogP contribution in [0.4, 0.5) is 11.5 Å². The first-order valence-corrected chi connectivity index (χ1v) is 6.50. The van der Waals surface area contributed by atoms with Crippen molar-refractivity contribution in [2.45, 2.75) is 39.0 Å². The first-order chi connectivity index (χ1) is 9.08. The van der Waals surface area contributed by atoms with Crippen molar-refractivity contribution in [3.63, 3.8) is 0 Å². The summed E-state index contributed by atoms with van der Waals surface area (Å²) < 4.78 is 0. The van der Waals surface area contributed by atoms with Crippen LogP contribution in [-0.2, 0) is 4.79 Å². The second kappa shape index (κ2) is 5.77. The minimum absolute atomic E-state index is 0.0449. The fraction of sp³-hybridized carbons (Fsp3) is 0.538. The van der Waals surface area contributed by atoms with Crippen molar-refractivity contribution < 1.29 is 9.72 Å². The molecule has 0 aliphatic heterocycles. The van der Waals surface area contributed by atoms with E-state index in [4.69, 9.17) is 0 Å². The minimum Gasteiger partial charge on any atom is -0.305 e. The van der Waals surface area contributed by atoms with Crippen LogP contribution in [0.5, 0.6) is 0 Å². The Bertz CT molecular complexity index is 496. The third-order valence-electron chi connectivity index (χ3n) is 3.42. The van der Waals surface area contributed by atoms with Gasteiger partial charge in [0.15, 0.2) is 0 Å². The van der Waals surface area contributed by atoms with E-state index in [1.54, 1.807) is 6.92 Å². The molecule has 0 saturated heterocycles. The number of pyridine rings is 1. The Morgan fingerprint density at radius 3 is 2.74 bits per heavy atom. The van der Waals surface area contributed by atoms with Gasteiger partial charge in [0.05, 0.1) is 4.92 Å². The first-order valence-electron chi connectivity index (χ1n) is 6.50. The number of rotatable bonds is 3. The topological polar surface area (TPSA) is 85.1 Å². The lowest BCUT2D eigenvalue weighted by molar-refractivity contribution is -0.384. The summed E-state index contributed by atoms with van der Waals surface area (Å²) in [5.74, 6) is -0.151. The maximum atomic E-state index is 12.1. The molecule has 1 N–H and O–H groups in total. The summed E-state index contributed by atoms with van der Waals surface area (Å²) in [5, 5.41) is 13.5. The van der Waals surface area contributed by atoms with Crippen molar-refractivity contribution in [3.05, 3.63) is 27.9 Å². The van der Waals surface area contributed by atoms with Gasteiger partial charge in [-0.05, 0) is 25.3 Å². The zero-order valence-corrected chi connectivity index (χ0v) is 10.9. The molecule has 1 aromatic heterocycles. The molecule has 1 aliphatic rings. The predicted octanol–water partition coefficient (Wildman–Crippen LogP) is 2.82. The molecule has 0 bridgehead atoms. The molecule has 0 spiro atoms. The van der Waals surface area contributed by atoms with Crippen LogP contribution in [0.2, 0.25) is 0 Å². The average molecular weight is 263 g/mol. The van der Waals surface area contributed by atoms with Crippen LogP contribution >= 0.6 is 0 Å². The number of nitrogens with zero attached hydrogens (tertiary/aromatic N) is 2. The van der Waals surface area contributed by atoms with Gasteiger partial charge >= 0.3 is 5.69 Å². The third-order valence-corrected chi connectivity index (χ3v) is 3.42. The Morgan fingerprint density at radius 1 is 1.42 bits per heavy atom. The van der Waals surface area contributed by atoms with E-state index in [-0.39, 0.29) is 23.3 Å². The minimum atomic E-state index is -0.517. The second-order valence-electron chi connectivity index (χ2n) is 4.96. The Hall–Kier alpha value is -1.98. The maximum absolute atomic E-state index is 12.1. The molecule has 1 aromatic rings. The summed E-state index contributed by atoms with van der Waals surface area (Å²) in [4.78, 5) is 26.4. The van der Waals surface area contributed by atoms with Gasteiger partial charge in [0.2, 0.25) is 11.7 Å². The fourth-order valence-electron chi connectivity index (χ4n) is 2.37. The molecule has 1 heterocycles. The molecule has 1 amide bonds. The number of amides is 1. The van der Waals surface area contributed by atoms with Crippen molar-refractivity contribution in [2.24, 2.45) is 5.92 Å². The highest BCUT2D eigenvalue weighted by Crippen LogP contribution is 2.27. The Labute approximate surface area is 111 Å². The molecule has 0 atom stereocenters. The van der Waals surface area contributed by atoms with Crippen LogP contribution in [0, 0.1) is 23.0 Å². The molecule has 1 aliphatic carbocycles. The lowest BCUT2D eigenvalue weighted by Gasteiger charge is -2.20. The first kappa shape index (κ1) is 13.5. The number of carbonyl (C=O) groups is 1. The van der Waals surface area contributed by atoms with Gasteiger partial charge in [0, 0.05) is 18.2 Å². The average Bonchev–Trinajstić information content (AvgIpc) is 2.41. The smallest absolute Gasteiger partial charge is 0.305 e. The lowest BCUT2D eigenvalue weighted by atomic mass is 9.89. The van der Waals surface area contributed by atoms with E-state index in [1.165, 1.54) is 12.3 Å². The van der Waals surface area contributed by atoms with E-state index in [0.29, 0.717) is 5.56 Å². The molecule has 1 saturated carbocycles. The summed E-state index contributed by atoms with van der Waals surface area (Å²) in [5.41, 5.74) is 0.548. The number of nitro groups is 1. The molecule has 102 valence electrons. The third kappa shape index (κ3) is 3.27. The number of hydrogen-bond acceptors (Lipinski definition) is 4. The molecular weight excluding hydrogens is 246 g/mol. The molecule has 0 radical (unpaired) electrons. The summed E-state index contributed by atoms with van der Waals surface area (Å²) in [7, 11) is 0. The van der Waals surface area contributed by atoms with Crippen molar-refractivity contribution in [1.82, 2.24) is 4.98 Å². The predicted molar refractivity (Wildman–Crippen MR) is 70.8 cm³/mol. The zero-order valence-electron chi connectivity index (χ0n) is 10.9. The fourth-order valence-corrected chi connectivity index (χ4v) is 2.37. The quantitative estimate of drug-likeness (QED) is 0.671. The van der Waals surface area contributed by atoms with E-state index in [0.717, 1.165) is 32.1 Å². The highest BCUT2D eigenvalue weighted by molar-refractivity contribution is 5.93. The van der Waals surface area contributed by atoms with Crippen LogP contribution in [0.1, 0.15) is 37.7 Å². The lowest BCUT2D eigenvalue weighted by Crippen LogP contribution is -2.25. The summed E-state index contributed by atoms with van der Waals surface area (Å²) >= 11 is 0. The monoisotopic (exact) mass is 263 g/mol. The number of aryl methyl sites for hydroxylation is 1. The molecule has 0 aromatic carbocycles. The van der Waals surface area contributed by atoms with Crippen LogP contribution in [-0.4, -0.2) is 15.8 Å². The van der Waals surface area contributed by atoms with Crippen LogP contribution in [0.15, 0.2) is 12.3 Å². The van der Waals surface area contributed by atoms with E-state index in [9.17, 15) is 14.9 Å². The van der Waals surface area contributed by atoms with Crippen LogP contribution in [0.3, 0.4) is 0 Å². The van der Waals surface area contributed by atoms with Gasteiger partial charge in [-0.3, -0.25) is 14.9 Å². The standard InChI is InChI=1S/C13H17N3O3/c1-9-7-11(16(18)19)12(14-8-9)15-13(17)10-5-3-2-4-6-10/h7-8,10H,2-6H2,1H3,(H,14,15,17). The van der Waals surface area contributed by atoms with Gasteiger partial charge in [-0.15, -0.1) is 0 Å². The SMILES string of the molecule is Cc1cnc(NC(=O)C2CCCCC2)c([N+](=O)[O-])c1. The number of aromatic nitrogens is 1. The van der Waals surface area contributed by atoms with E-state index >= 15 is 0 Å². The van der Waals surface area contributed by atoms with Crippen molar-refractivity contribution in [1.29, 1.82) is 0 Å². The van der Waals surface area contributed by atoms with Gasteiger partial charge < -0.3 is 5.32 Å². The van der Waals surface area contributed by atoms with Gasteiger partial charge in [0.1, 0.15) is 0 Å².